The summed E-state index contributed by atoms with van der Waals surface area (Å²) in [6.45, 7) is 5.04. The number of aliphatic carboxylic acids is 1. The largest absolute Gasteiger partial charge is 0.481 e. The van der Waals surface area contributed by atoms with E-state index >= 15 is 0 Å². The summed E-state index contributed by atoms with van der Waals surface area (Å²) in [4.78, 5) is 23.3. The van der Waals surface area contributed by atoms with E-state index in [2.05, 4.69) is 5.32 Å². The highest BCUT2D eigenvalue weighted by Crippen LogP contribution is 2.32. The van der Waals surface area contributed by atoms with Crippen LogP contribution in [0.3, 0.4) is 0 Å². The molecule has 6 heteroatoms. The second-order valence-corrected chi connectivity index (χ2v) is 6.04. The Labute approximate surface area is 121 Å². The molecule has 1 atom stereocenters. The van der Waals surface area contributed by atoms with Crippen LogP contribution in [0.15, 0.2) is 18.2 Å². The van der Waals surface area contributed by atoms with Gasteiger partial charge in [0.15, 0.2) is 0 Å². The monoisotopic (exact) mass is 303 g/mol. The van der Waals surface area contributed by atoms with Gasteiger partial charge in [-0.05, 0) is 17.5 Å². The Bertz CT molecular complexity index is 489. The molecule has 0 aliphatic carbocycles. The molecule has 0 aliphatic heterocycles. The number of carboxylic acids is 1. The zero-order valence-electron chi connectivity index (χ0n) is 10.8. The molecule has 0 bridgehead atoms. The smallest absolute Gasteiger partial charge is 0.316 e. The number of hydrogen-bond acceptors (Lipinski definition) is 2. The van der Waals surface area contributed by atoms with Gasteiger partial charge < -0.3 is 10.4 Å². The maximum atomic E-state index is 12.1. The zero-order valence-corrected chi connectivity index (χ0v) is 12.3. The molecule has 0 radical (unpaired) electrons. The van der Waals surface area contributed by atoms with E-state index in [1.54, 1.807) is 39.0 Å². The van der Waals surface area contributed by atoms with E-state index < -0.39 is 23.2 Å². The van der Waals surface area contributed by atoms with Crippen LogP contribution >= 0.6 is 23.2 Å². The molecule has 0 heterocycles. The van der Waals surface area contributed by atoms with Crippen molar-refractivity contribution in [1.29, 1.82) is 0 Å². The molecule has 1 amide bonds. The summed E-state index contributed by atoms with van der Waals surface area (Å²) in [7, 11) is 0. The average molecular weight is 304 g/mol. The zero-order chi connectivity index (χ0) is 14.8. The van der Waals surface area contributed by atoms with Crippen molar-refractivity contribution in [3.05, 3.63) is 28.2 Å². The molecular weight excluding hydrogens is 289 g/mol. The molecule has 1 rings (SSSR count). The third-order valence-electron chi connectivity index (χ3n) is 2.59. The Morgan fingerprint density at radius 3 is 2.05 bits per heavy atom. The van der Waals surface area contributed by atoms with Crippen molar-refractivity contribution in [3.63, 3.8) is 0 Å². The third-order valence-corrected chi connectivity index (χ3v) is 3.22. The summed E-state index contributed by atoms with van der Waals surface area (Å²) in [5.74, 6) is -3.02. The van der Waals surface area contributed by atoms with Gasteiger partial charge in [-0.25, -0.2) is 0 Å². The summed E-state index contributed by atoms with van der Waals surface area (Å²) in [6, 6.07) is 4.77. The van der Waals surface area contributed by atoms with Crippen LogP contribution in [0.25, 0.3) is 0 Å². The first-order valence-electron chi connectivity index (χ1n) is 5.62. The molecule has 0 fully saturated rings. The van der Waals surface area contributed by atoms with E-state index in [9.17, 15) is 9.59 Å². The van der Waals surface area contributed by atoms with Crippen molar-refractivity contribution >= 4 is 40.8 Å². The van der Waals surface area contributed by atoms with Crippen molar-refractivity contribution in [2.45, 2.75) is 20.8 Å². The SMILES string of the molecule is CC(C)(C)C(C(=O)O)C(=O)Nc1c(Cl)cccc1Cl. The van der Waals surface area contributed by atoms with Crippen LogP contribution in [-0.2, 0) is 9.59 Å². The summed E-state index contributed by atoms with van der Waals surface area (Å²) in [5.41, 5.74) is -0.491. The van der Waals surface area contributed by atoms with Gasteiger partial charge in [-0.3, -0.25) is 9.59 Å². The average Bonchev–Trinajstić information content (AvgIpc) is 2.21. The van der Waals surface area contributed by atoms with Crippen LogP contribution in [0, 0.1) is 11.3 Å². The number of rotatable bonds is 3. The van der Waals surface area contributed by atoms with E-state index in [4.69, 9.17) is 28.3 Å². The fraction of sp³-hybridized carbons (Fsp3) is 0.385. The number of benzene rings is 1. The van der Waals surface area contributed by atoms with Crippen LogP contribution < -0.4 is 5.32 Å². The molecule has 4 nitrogen and oxygen atoms in total. The Kier molecular flexibility index (Phi) is 4.82. The van der Waals surface area contributed by atoms with Crippen molar-refractivity contribution in [2.24, 2.45) is 11.3 Å². The maximum Gasteiger partial charge on any atom is 0.316 e. The minimum absolute atomic E-state index is 0.228. The van der Waals surface area contributed by atoms with Crippen LogP contribution in [0.5, 0.6) is 0 Å². The predicted molar refractivity (Wildman–Crippen MR) is 75.7 cm³/mol. The lowest BCUT2D eigenvalue weighted by Crippen LogP contribution is -2.39. The molecule has 0 saturated heterocycles. The number of nitrogens with one attached hydrogen (secondary N) is 1. The number of carboxylic acid groups (broad SMARTS) is 1. The van der Waals surface area contributed by atoms with Gasteiger partial charge in [-0.1, -0.05) is 50.0 Å². The van der Waals surface area contributed by atoms with Gasteiger partial charge in [0.2, 0.25) is 5.91 Å². The number of anilines is 1. The number of carbonyl (C=O) groups is 2. The van der Waals surface area contributed by atoms with E-state index in [0.29, 0.717) is 0 Å². The fourth-order valence-electron chi connectivity index (χ4n) is 1.69. The molecule has 2 N–H and O–H groups in total. The van der Waals surface area contributed by atoms with Gasteiger partial charge in [0, 0.05) is 0 Å². The van der Waals surface area contributed by atoms with Crippen LogP contribution in [0.1, 0.15) is 20.8 Å². The van der Waals surface area contributed by atoms with Crippen molar-refractivity contribution in [2.75, 3.05) is 5.32 Å². The Morgan fingerprint density at radius 1 is 1.21 bits per heavy atom. The third kappa shape index (κ3) is 3.85. The molecule has 19 heavy (non-hydrogen) atoms. The second-order valence-electron chi connectivity index (χ2n) is 5.22. The highest BCUT2D eigenvalue weighted by atomic mass is 35.5. The lowest BCUT2D eigenvalue weighted by Gasteiger charge is -2.26. The topological polar surface area (TPSA) is 66.4 Å². The number of halogens is 2. The number of amides is 1. The van der Waals surface area contributed by atoms with Gasteiger partial charge in [0.25, 0.3) is 0 Å². The van der Waals surface area contributed by atoms with Crippen LogP contribution in [0.2, 0.25) is 10.0 Å². The highest BCUT2D eigenvalue weighted by Gasteiger charge is 2.38. The predicted octanol–water partition coefficient (Wildman–Crippen LogP) is 3.68. The normalized spacial score (nSPS) is 12.9. The van der Waals surface area contributed by atoms with Crippen molar-refractivity contribution < 1.29 is 14.7 Å². The van der Waals surface area contributed by atoms with Gasteiger partial charge in [0.05, 0.1) is 15.7 Å². The summed E-state index contributed by atoms with van der Waals surface area (Å²) < 4.78 is 0. The minimum Gasteiger partial charge on any atom is -0.481 e. The lowest BCUT2D eigenvalue weighted by molar-refractivity contribution is -0.149. The highest BCUT2D eigenvalue weighted by molar-refractivity contribution is 6.39. The molecule has 1 aromatic rings. The van der Waals surface area contributed by atoms with E-state index in [-0.39, 0.29) is 15.7 Å². The van der Waals surface area contributed by atoms with Gasteiger partial charge in [-0.2, -0.15) is 0 Å². The van der Waals surface area contributed by atoms with Gasteiger partial charge in [-0.15, -0.1) is 0 Å². The lowest BCUT2D eigenvalue weighted by atomic mass is 9.80. The Hall–Kier alpha value is -1.26. The number of hydrogen-bond donors (Lipinski definition) is 2. The van der Waals surface area contributed by atoms with Crippen LogP contribution in [-0.4, -0.2) is 17.0 Å². The molecule has 104 valence electrons. The molecule has 0 spiro atoms. The maximum absolute atomic E-state index is 12.1. The van der Waals surface area contributed by atoms with E-state index in [0.717, 1.165) is 0 Å². The molecular formula is C13H15Cl2NO3. The number of carbonyl (C=O) groups excluding carboxylic acids is 1. The summed E-state index contributed by atoms with van der Waals surface area (Å²) >= 11 is 11.9. The van der Waals surface area contributed by atoms with Gasteiger partial charge >= 0.3 is 5.97 Å². The van der Waals surface area contributed by atoms with Crippen molar-refractivity contribution in [1.82, 2.24) is 0 Å². The summed E-state index contributed by atoms with van der Waals surface area (Å²) in [5, 5.41) is 12.2. The molecule has 0 saturated carbocycles. The first kappa shape index (κ1) is 15.8. The molecule has 1 aromatic carbocycles. The van der Waals surface area contributed by atoms with E-state index in [1.807, 2.05) is 0 Å². The van der Waals surface area contributed by atoms with Crippen molar-refractivity contribution in [3.8, 4) is 0 Å². The molecule has 0 aliphatic rings. The standard InChI is InChI=1S/C13H15Cl2NO3/c1-13(2,3)9(12(18)19)11(17)16-10-7(14)5-4-6-8(10)15/h4-6,9H,1-3H3,(H,16,17)(H,18,19). The van der Waals surface area contributed by atoms with E-state index in [1.165, 1.54) is 0 Å². The van der Waals surface area contributed by atoms with Crippen LogP contribution in [0.4, 0.5) is 5.69 Å². The first-order chi connectivity index (χ1) is 8.64. The van der Waals surface area contributed by atoms with Gasteiger partial charge in [0.1, 0.15) is 5.92 Å². The quantitative estimate of drug-likeness (QED) is 0.837. The Morgan fingerprint density at radius 2 is 1.68 bits per heavy atom. The number of para-hydroxylation sites is 1. The molecule has 0 aromatic heterocycles. The second kappa shape index (κ2) is 5.80. The Balaban J connectivity index is 3.05. The fourth-order valence-corrected chi connectivity index (χ4v) is 2.18. The first-order valence-corrected chi connectivity index (χ1v) is 6.38. The minimum atomic E-state index is -1.19. The summed E-state index contributed by atoms with van der Waals surface area (Å²) in [6.07, 6.45) is 0. The molecule has 1 unspecified atom stereocenters.